The largest absolute Gasteiger partial charge is 0.508 e. The van der Waals surface area contributed by atoms with Gasteiger partial charge in [-0.2, -0.15) is 0 Å². The van der Waals surface area contributed by atoms with Crippen molar-refractivity contribution in [3.63, 3.8) is 0 Å². The number of hydrogen-bond acceptors (Lipinski definition) is 2. The molecule has 4 heteroatoms. The maximum absolute atomic E-state index is 9.92. The molecule has 17 heavy (non-hydrogen) atoms. The summed E-state index contributed by atoms with van der Waals surface area (Å²) < 4.78 is 0. The first-order chi connectivity index (χ1) is 8.09. The van der Waals surface area contributed by atoms with Crippen molar-refractivity contribution in [2.75, 3.05) is 0 Å². The summed E-state index contributed by atoms with van der Waals surface area (Å²) in [6.45, 7) is 0. The highest BCUT2D eigenvalue weighted by atomic mass is 35.5. The van der Waals surface area contributed by atoms with E-state index in [9.17, 15) is 5.11 Å². The number of rotatable bonds is 2. The molecule has 1 atom stereocenters. The van der Waals surface area contributed by atoms with E-state index < -0.39 is 0 Å². The zero-order valence-corrected chi connectivity index (χ0v) is 11.1. The Balaban J connectivity index is 2.26. The Bertz CT molecular complexity index is 379. The van der Waals surface area contributed by atoms with Crippen LogP contribution in [0.4, 0.5) is 0 Å². The van der Waals surface area contributed by atoms with Crippen LogP contribution >= 0.6 is 23.2 Å². The number of hydrogen-bond donors (Lipinski definition) is 2. The van der Waals surface area contributed by atoms with Gasteiger partial charge in [0.05, 0.1) is 5.02 Å². The van der Waals surface area contributed by atoms with Crippen molar-refractivity contribution in [3.8, 4) is 5.75 Å². The van der Waals surface area contributed by atoms with Crippen LogP contribution in [0.15, 0.2) is 12.1 Å². The molecule has 0 bridgehead atoms. The van der Waals surface area contributed by atoms with E-state index in [1.54, 1.807) is 6.07 Å². The van der Waals surface area contributed by atoms with Gasteiger partial charge < -0.3 is 10.8 Å². The fourth-order valence-corrected chi connectivity index (χ4v) is 3.24. The van der Waals surface area contributed by atoms with Crippen molar-refractivity contribution in [1.82, 2.24) is 0 Å². The van der Waals surface area contributed by atoms with Crippen LogP contribution in [-0.2, 0) is 0 Å². The van der Waals surface area contributed by atoms with Crippen LogP contribution in [0.25, 0.3) is 0 Å². The molecule has 1 aliphatic carbocycles. The minimum atomic E-state index is -0.194. The van der Waals surface area contributed by atoms with Crippen molar-refractivity contribution in [2.45, 2.75) is 38.1 Å². The van der Waals surface area contributed by atoms with E-state index in [1.165, 1.54) is 25.3 Å². The first-order valence-electron chi connectivity index (χ1n) is 6.03. The predicted molar refractivity (Wildman–Crippen MR) is 71.6 cm³/mol. The van der Waals surface area contributed by atoms with Crippen LogP contribution in [0.1, 0.15) is 43.7 Å². The van der Waals surface area contributed by atoms with Crippen molar-refractivity contribution in [1.29, 1.82) is 0 Å². The summed E-state index contributed by atoms with van der Waals surface area (Å²) in [6.07, 6.45) is 5.93. The first kappa shape index (κ1) is 13.0. The first-order valence-corrected chi connectivity index (χ1v) is 6.78. The third-order valence-corrected chi connectivity index (χ3v) is 4.09. The molecule has 0 amide bonds. The molecule has 0 aromatic heterocycles. The molecule has 0 spiro atoms. The Hall–Kier alpha value is -0.440. The second kappa shape index (κ2) is 5.47. The van der Waals surface area contributed by atoms with Crippen molar-refractivity contribution < 1.29 is 5.11 Å². The van der Waals surface area contributed by atoms with Crippen molar-refractivity contribution in [2.24, 2.45) is 11.7 Å². The lowest BCUT2D eigenvalue weighted by molar-refractivity contribution is 0.303. The van der Waals surface area contributed by atoms with Gasteiger partial charge in [-0.15, -0.1) is 0 Å². The second-order valence-electron chi connectivity index (χ2n) is 4.74. The van der Waals surface area contributed by atoms with Gasteiger partial charge in [-0.25, -0.2) is 0 Å². The van der Waals surface area contributed by atoms with E-state index >= 15 is 0 Å². The van der Waals surface area contributed by atoms with E-state index in [2.05, 4.69) is 0 Å². The molecule has 0 saturated heterocycles. The Morgan fingerprint density at radius 1 is 1.18 bits per heavy atom. The lowest BCUT2D eigenvalue weighted by Gasteiger charge is -2.28. The Morgan fingerprint density at radius 3 is 2.41 bits per heavy atom. The summed E-state index contributed by atoms with van der Waals surface area (Å²) in [5, 5.41) is 10.8. The molecule has 94 valence electrons. The smallest absolute Gasteiger partial charge is 0.123 e. The molecule has 1 aromatic rings. The van der Waals surface area contributed by atoms with Crippen LogP contribution in [0, 0.1) is 5.92 Å². The molecular weight excluding hydrogens is 257 g/mol. The number of phenols is 1. The minimum Gasteiger partial charge on any atom is -0.508 e. The minimum absolute atomic E-state index is 0.112. The maximum Gasteiger partial charge on any atom is 0.123 e. The van der Waals surface area contributed by atoms with Crippen LogP contribution in [0.5, 0.6) is 5.75 Å². The Kier molecular flexibility index (Phi) is 4.18. The number of halogens is 2. The molecular formula is C13H17Cl2NO. The molecule has 0 unspecified atom stereocenters. The van der Waals surface area contributed by atoms with Crippen LogP contribution in [-0.4, -0.2) is 5.11 Å². The van der Waals surface area contributed by atoms with Gasteiger partial charge in [-0.1, -0.05) is 42.5 Å². The molecule has 2 nitrogen and oxygen atoms in total. The monoisotopic (exact) mass is 273 g/mol. The van der Waals surface area contributed by atoms with Gasteiger partial charge >= 0.3 is 0 Å². The van der Waals surface area contributed by atoms with Crippen LogP contribution in [0.3, 0.4) is 0 Å². The average Bonchev–Trinajstić information content (AvgIpc) is 2.28. The van der Waals surface area contributed by atoms with E-state index in [1.807, 2.05) is 0 Å². The fraction of sp³-hybridized carbons (Fsp3) is 0.538. The molecule has 2 rings (SSSR count). The van der Waals surface area contributed by atoms with Crippen molar-refractivity contribution in [3.05, 3.63) is 27.7 Å². The summed E-state index contributed by atoms with van der Waals surface area (Å²) in [6, 6.07) is 2.95. The third kappa shape index (κ3) is 2.87. The molecule has 3 N–H and O–H groups in total. The fourth-order valence-electron chi connectivity index (χ4n) is 2.63. The van der Waals surface area contributed by atoms with Gasteiger partial charge in [0, 0.05) is 16.6 Å². The number of nitrogens with two attached hydrogens (primary N) is 1. The molecule has 1 aliphatic rings. The molecule has 1 fully saturated rings. The topological polar surface area (TPSA) is 46.2 Å². The highest BCUT2D eigenvalue weighted by Crippen LogP contribution is 2.40. The van der Waals surface area contributed by atoms with E-state index in [0.29, 0.717) is 21.5 Å². The second-order valence-corrected chi connectivity index (χ2v) is 5.59. The highest BCUT2D eigenvalue weighted by Gasteiger charge is 2.25. The quantitative estimate of drug-likeness (QED) is 0.845. The number of benzene rings is 1. The third-order valence-electron chi connectivity index (χ3n) is 3.56. The van der Waals surface area contributed by atoms with Crippen molar-refractivity contribution >= 4 is 23.2 Å². The molecule has 0 radical (unpaired) electrons. The van der Waals surface area contributed by atoms with E-state index in [-0.39, 0.29) is 11.8 Å². The van der Waals surface area contributed by atoms with E-state index in [0.717, 1.165) is 12.8 Å². The van der Waals surface area contributed by atoms with E-state index in [4.69, 9.17) is 28.9 Å². The molecule has 0 heterocycles. The molecule has 1 aromatic carbocycles. The van der Waals surface area contributed by atoms with Gasteiger partial charge in [-0.3, -0.25) is 0 Å². The van der Waals surface area contributed by atoms with Crippen LogP contribution < -0.4 is 5.73 Å². The number of aromatic hydroxyl groups is 1. The number of phenolic OH excluding ortho intramolecular Hbond substituents is 1. The average molecular weight is 274 g/mol. The van der Waals surface area contributed by atoms with Gasteiger partial charge in [0.25, 0.3) is 0 Å². The summed E-state index contributed by atoms with van der Waals surface area (Å²) in [7, 11) is 0. The van der Waals surface area contributed by atoms with Gasteiger partial charge in [-0.05, 0) is 30.9 Å². The zero-order valence-electron chi connectivity index (χ0n) is 9.63. The summed E-state index contributed by atoms with van der Waals surface area (Å²) in [4.78, 5) is 0. The SMILES string of the molecule is N[C@H](c1c(O)cc(Cl)cc1Cl)C1CCCCC1. The Labute approximate surface area is 112 Å². The standard InChI is InChI=1S/C13H17Cl2NO/c14-9-6-10(15)12(11(17)7-9)13(16)8-4-2-1-3-5-8/h6-8,13,17H,1-5,16H2/t13-/m0/s1. The summed E-state index contributed by atoms with van der Waals surface area (Å²) in [5.74, 6) is 0.522. The lowest BCUT2D eigenvalue weighted by Crippen LogP contribution is -2.24. The van der Waals surface area contributed by atoms with Crippen LogP contribution in [0.2, 0.25) is 10.0 Å². The molecule has 1 saturated carbocycles. The zero-order chi connectivity index (χ0) is 12.4. The van der Waals surface area contributed by atoms with Gasteiger partial charge in [0.15, 0.2) is 0 Å². The van der Waals surface area contributed by atoms with Gasteiger partial charge in [0.2, 0.25) is 0 Å². The predicted octanol–water partition coefficient (Wildman–Crippen LogP) is 4.28. The maximum atomic E-state index is 9.92. The summed E-state index contributed by atoms with van der Waals surface area (Å²) in [5.41, 5.74) is 6.88. The van der Waals surface area contributed by atoms with Gasteiger partial charge in [0.1, 0.15) is 5.75 Å². The highest BCUT2D eigenvalue weighted by molar-refractivity contribution is 6.35. The Morgan fingerprint density at radius 2 is 1.82 bits per heavy atom. The summed E-state index contributed by atoms with van der Waals surface area (Å²) >= 11 is 12.0. The lowest BCUT2D eigenvalue weighted by atomic mass is 9.81. The normalized spacial score (nSPS) is 19.2. The molecule has 0 aliphatic heterocycles.